The van der Waals surface area contributed by atoms with Crippen LogP contribution in [0.25, 0.3) is 6.20 Å². The van der Waals surface area contributed by atoms with Crippen LogP contribution in [0.15, 0.2) is 24.6 Å². The first-order chi connectivity index (χ1) is 11.1. The van der Waals surface area contributed by atoms with Crippen molar-refractivity contribution >= 4 is 12.2 Å². The quantitative estimate of drug-likeness (QED) is 0.398. The molecule has 1 aliphatic carbocycles. The molecule has 1 fully saturated rings. The number of nitrogens with zero attached hydrogens (tertiary/aromatic N) is 3. The average Bonchev–Trinajstić information content (AvgIpc) is 3.26. The molecule has 1 aromatic rings. The van der Waals surface area contributed by atoms with Crippen LogP contribution < -0.4 is 0 Å². The number of allylic oxidation sites excluding steroid dienone is 2. The fraction of sp³-hybridized carbons (Fsp3) is 0.471. The minimum atomic E-state index is -0.349. The van der Waals surface area contributed by atoms with Crippen molar-refractivity contribution in [3.05, 3.63) is 36.1 Å². The Labute approximate surface area is 136 Å². The third kappa shape index (κ3) is 5.62. The molecule has 0 aromatic carbocycles. The number of carbonyl (C=O) groups is 1. The summed E-state index contributed by atoms with van der Waals surface area (Å²) in [6.45, 7) is 5.85. The first-order valence-electron chi connectivity index (χ1n) is 7.63. The normalized spacial score (nSPS) is 14.2. The van der Waals surface area contributed by atoms with Crippen molar-refractivity contribution in [3.63, 3.8) is 0 Å². The Balaban J connectivity index is 2.15. The van der Waals surface area contributed by atoms with Crippen molar-refractivity contribution in [1.82, 2.24) is 9.55 Å². The lowest BCUT2D eigenvalue weighted by Crippen LogP contribution is -2.00. The summed E-state index contributed by atoms with van der Waals surface area (Å²) in [5.74, 6) is 1.64. The molecule has 0 saturated heterocycles. The van der Waals surface area contributed by atoms with Crippen LogP contribution >= 0.6 is 0 Å². The van der Waals surface area contributed by atoms with E-state index >= 15 is 0 Å². The summed E-state index contributed by atoms with van der Waals surface area (Å²) in [4.78, 5) is 15.3. The van der Waals surface area contributed by atoms with Crippen LogP contribution in [0.5, 0.6) is 0 Å². The summed E-state index contributed by atoms with van der Waals surface area (Å²) in [7, 11) is 0. The van der Waals surface area contributed by atoms with E-state index in [0.717, 1.165) is 5.82 Å². The van der Waals surface area contributed by atoms with E-state index in [1.807, 2.05) is 0 Å². The number of hydrogen-bond acceptors (Lipinski definition) is 5. The van der Waals surface area contributed by atoms with Crippen molar-refractivity contribution in [2.24, 2.45) is 5.92 Å². The Bertz CT molecular complexity index is 636. The van der Waals surface area contributed by atoms with Gasteiger partial charge in [0.2, 0.25) is 0 Å². The molecule has 2 rings (SSSR count). The van der Waals surface area contributed by atoms with E-state index in [1.54, 1.807) is 23.0 Å². The topological polar surface area (TPSA) is 77.1 Å². The third-order valence-electron chi connectivity index (χ3n) is 3.35. The number of ether oxygens (including phenoxy) is 2. The highest BCUT2D eigenvalue weighted by Crippen LogP contribution is 2.29. The molecule has 0 bridgehead atoms. The molecule has 1 saturated carbocycles. The van der Waals surface area contributed by atoms with Crippen LogP contribution in [0.3, 0.4) is 0 Å². The molecule has 1 aromatic heterocycles. The van der Waals surface area contributed by atoms with E-state index in [2.05, 4.69) is 17.6 Å². The first kappa shape index (κ1) is 16.8. The van der Waals surface area contributed by atoms with Gasteiger partial charge in [-0.25, -0.2) is 4.98 Å². The minimum absolute atomic E-state index is 0.122. The molecule has 0 unspecified atom stereocenters. The van der Waals surface area contributed by atoms with Gasteiger partial charge in [0.25, 0.3) is 0 Å². The fourth-order valence-corrected chi connectivity index (χ4v) is 2.00. The number of aromatic nitrogens is 2. The molecule has 1 heterocycles. The van der Waals surface area contributed by atoms with E-state index in [1.165, 1.54) is 19.8 Å². The van der Waals surface area contributed by atoms with Gasteiger partial charge < -0.3 is 14.0 Å². The summed E-state index contributed by atoms with van der Waals surface area (Å²) in [5.41, 5.74) is 0.645. The molecule has 6 heteroatoms. The molecular weight excluding hydrogens is 294 g/mol. The van der Waals surface area contributed by atoms with Crippen LogP contribution in [-0.2, 0) is 27.3 Å². The number of rotatable bonds is 9. The molecule has 1 aliphatic rings. The number of nitriles is 1. The summed E-state index contributed by atoms with van der Waals surface area (Å²) < 4.78 is 12.5. The Morgan fingerprint density at radius 1 is 1.57 bits per heavy atom. The van der Waals surface area contributed by atoms with Crippen LogP contribution in [0.2, 0.25) is 0 Å². The predicted molar refractivity (Wildman–Crippen MR) is 84.8 cm³/mol. The number of esters is 1. The SMILES string of the molecule is C=CCc1nc(COC(C)=O)cn1/C=C(\CC#N)OCC1CC1. The van der Waals surface area contributed by atoms with Crippen molar-refractivity contribution in [1.29, 1.82) is 5.26 Å². The second-order valence-corrected chi connectivity index (χ2v) is 5.51. The molecular formula is C17H21N3O3. The Kier molecular flexibility index (Phi) is 5.98. The molecule has 6 nitrogen and oxygen atoms in total. The van der Waals surface area contributed by atoms with Gasteiger partial charge in [0.05, 0.1) is 24.8 Å². The highest BCUT2D eigenvalue weighted by molar-refractivity contribution is 5.65. The summed E-state index contributed by atoms with van der Waals surface area (Å²) >= 11 is 0. The molecule has 0 atom stereocenters. The first-order valence-corrected chi connectivity index (χ1v) is 7.63. The van der Waals surface area contributed by atoms with Gasteiger partial charge in [0, 0.05) is 25.7 Å². The van der Waals surface area contributed by atoms with Crippen molar-refractivity contribution < 1.29 is 14.3 Å². The third-order valence-corrected chi connectivity index (χ3v) is 3.35. The van der Waals surface area contributed by atoms with E-state index in [4.69, 9.17) is 14.7 Å². The van der Waals surface area contributed by atoms with Gasteiger partial charge >= 0.3 is 5.97 Å². The maximum Gasteiger partial charge on any atom is 0.303 e. The fourth-order valence-electron chi connectivity index (χ4n) is 2.00. The second kappa shape index (κ2) is 8.18. The Morgan fingerprint density at radius 2 is 2.35 bits per heavy atom. The zero-order chi connectivity index (χ0) is 16.7. The molecule has 23 heavy (non-hydrogen) atoms. The smallest absolute Gasteiger partial charge is 0.303 e. The molecule has 0 N–H and O–H groups in total. The van der Waals surface area contributed by atoms with Gasteiger partial charge in [0.1, 0.15) is 18.2 Å². The monoisotopic (exact) mass is 315 g/mol. The maximum absolute atomic E-state index is 10.9. The second-order valence-electron chi connectivity index (χ2n) is 5.51. The van der Waals surface area contributed by atoms with Crippen LogP contribution in [-0.4, -0.2) is 22.1 Å². The lowest BCUT2D eigenvalue weighted by atomic mass is 10.3. The zero-order valence-corrected chi connectivity index (χ0v) is 13.3. The number of imidazole rings is 1. The van der Waals surface area contributed by atoms with Gasteiger partial charge in [0.15, 0.2) is 0 Å². The standard InChI is InChI=1S/C17H21N3O3/c1-3-4-17-19-15(12-22-13(2)21)9-20(17)10-16(7-8-18)23-11-14-5-6-14/h3,9-10,14H,1,4-7,11-12H2,2H3/b16-10+. The Hall–Kier alpha value is -2.55. The highest BCUT2D eigenvalue weighted by atomic mass is 16.5. The largest absolute Gasteiger partial charge is 0.495 e. The van der Waals surface area contributed by atoms with Crippen molar-refractivity contribution in [2.75, 3.05) is 6.61 Å². The predicted octanol–water partition coefficient (Wildman–Crippen LogP) is 2.81. The van der Waals surface area contributed by atoms with Gasteiger partial charge in [-0.15, -0.1) is 6.58 Å². The highest BCUT2D eigenvalue weighted by Gasteiger charge is 2.22. The van der Waals surface area contributed by atoms with Crippen molar-refractivity contribution in [3.8, 4) is 6.07 Å². The van der Waals surface area contributed by atoms with Gasteiger partial charge in [-0.05, 0) is 18.8 Å². The van der Waals surface area contributed by atoms with E-state index in [-0.39, 0.29) is 19.0 Å². The van der Waals surface area contributed by atoms with Crippen molar-refractivity contribution in [2.45, 2.75) is 39.2 Å². The Morgan fingerprint density at radius 3 is 2.96 bits per heavy atom. The lowest BCUT2D eigenvalue weighted by Gasteiger charge is -2.08. The molecule has 0 radical (unpaired) electrons. The molecule has 122 valence electrons. The van der Waals surface area contributed by atoms with Crippen LogP contribution in [0.1, 0.15) is 37.7 Å². The van der Waals surface area contributed by atoms with Gasteiger partial charge in [-0.1, -0.05) is 6.08 Å². The molecule has 0 amide bonds. The van der Waals surface area contributed by atoms with E-state index in [0.29, 0.717) is 30.4 Å². The zero-order valence-electron chi connectivity index (χ0n) is 13.3. The number of hydrogen-bond donors (Lipinski definition) is 0. The maximum atomic E-state index is 10.9. The van der Waals surface area contributed by atoms with Crippen LogP contribution in [0, 0.1) is 17.2 Å². The van der Waals surface area contributed by atoms with Crippen LogP contribution in [0.4, 0.5) is 0 Å². The molecule has 0 aliphatic heterocycles. The summed E-state index contributed by atoms with van der Waals surface area (Å²) in [6, 6.07) is 2.11. The summed E-state index contributed by atoms with van der Waals surface area (Å²) in [5, 5.41) is 8.95. The summed E-state index contributed by atoms with van der Waals surface area (Å²) in [6.07, 6.45) is 8.46. The molecule has 0 spiro atoms. The minimum Gasteiger partial charge on any atom is -0.495 e. The van der Waals surface area contributed by atoms with E-state index in [9.17, 15) is 4.79 Å². The van der Waals surface area contributed by atoms with E-state index < -0.39 is 0 Å². The number of carbonyl (C=O) groups excluding carboxylic acids is 1. The average molecular weight is 315 g/mol. The lowest BCUT2D eigenvalue weighted by molar-refractivity contribution is -0.142. The van der Waals surface area contributed by atoms with Gasteiger partial charge in [-0.3, -0.25) is 4.79 Å². The van der Waals surface area contributed by atoms with Gasteiger partial charge in [-0.2, -0.15) is 5.26 Å².